The van der Waals surface area contributed by atoms with Crippen LogP contribution in [-0.2, 0) is 6.61 Å². The second-order valence-corrected chi connectivity index (χ2v) is 5.12. The molecule has 0 aliphatic carbocycles. The lowest BCUT2D eigenvalue weighted by Crippen LogP contribution is -1.98. The number of aldehydes is 1. The molecular formula is C14H9Cl2N3O2. The number of ether oxygens (including phenoxy) is 1. The molecule has 1 N–H and O–H groups in total. The molecule has 5 nitrogen and oxygen atoms in total. The predicted molar refractivity (Wildman–Crippen MR) is 80.1 cm³/mol. The van der Waals surface area contributed by atoms with E-state index in [1.807, 2.05) is 0 Å². The van der Waals surface area contributed by atoms with Gasteiger partial charge in [0.1, 0.15) is 18.1 Å². The number of carbonyl (C=O) groups excluding carboxylic acids is 1. The third-order valence-corrected chi connectivity index (χ3v) is 3.66. The van der Waals surface area contributed by atoms with Gasteiger partial charge in [0.2, 0.25) is 0 Å². The maximum atomic E-state index is 10.9. The number of fused-ring (bicyclic) bond motifs is 1. The molecule has 0 spiro atoms. The number of aromatic amines is 1. The first-order chi connectivity index (χ1) is 10.2. The normalized spacial score (nSPS) is 10.8. The van der Waals surface area contributed by atoms with Crippen molar-refractivity contribution in [1.29, 1.82) is 0 Å². The van der Waals surface area contributed by atoms with Crippen LogP contribution in [-0.4, -0.2) is 21.5 Å². The smallest absolute Gasteiger partial charge is 0.170 e. The fourth-order valence-corrected chi connectivity index (χ4v) is 2.40. The van der Waals surface area contributed by atoms with Crippen LogP contribution in [0.3, 0.4) is 0 Å². The molecule has 7 heteroatoms. The van der Waals surface area contributed by atoms with Crippen LogP contribution in [0.15, 0.2) is 30.6 Å². The first kappa shape index (κ1) is 13.9. The highest BCUT2D eigenvalue weighted by Crippen LogP contribution is 2.26. The van der Waals surface area contributed by atoms with Crippen molar-refractivity contribution in [3.63, 3.8) is 0 Å². The zero-order chi connectivity index (χ0) is 14.8. The Hall–Kier alpha value is -2.11. The van der Waals surface area contributed by atoms with E-state index in [0.29, 0.717) is 38.7 Å². The molecule has 3 rings (SSSR count). The summed E-state index contributed by atoms with van der Waals surface area (Å²) in [7, 11) is 0. The first-order valence-corrected chi connectivity index (χ1v) is 6.78. The van der Waals surface area contributed by atoms with E-state index in [0.717, 1.165) is 5.52 Å². The molecule has 106 valence electrons. The summed E-state index contributed by atoms with van der Waals surface area (Å²) in [5.74, 6) is 0.593. The van der Waals surface area contributed by atoms with E-state index in [9.17, 15) is 4.79 Å². The highest BCUT2D eigenvalue weighted by Gasteiger charge is 2.09. The lowest BCUT2D eigenvalue weighted by atomic mass is 10.2. The Balaban J connectivity index is 1.86. The monoisotopic (exact) mass is 321 g/mol. The number of pyridine rings is 1. The average molecular weight is 322 g/mol. The number of hydrogen-bond acceptors (Lipinski definition) is 4. The molecular weight excluding hydrogens is 313 g/mol. The molecule has 1 aromatic carbocycles. The molecule has 0 aliphatic rings. The number of H-pyrrole nitrogens is 1. The van der Waals surface area contributed by atoms with Gasteiger partial charge in [-0.15, -0.1) is 0 Å². The van der Waals surface area contributed by atoms with Crippen LogP contribution in [0.5, 0.6) is 5.75 Å². The van der Waals surface area contributed by atoms with E-state index in [1.165, 1.54) is 12.4 Å². The molecule has 21 heavy (non-hydrogen) atoms. The summed E-state index contributed by atoms with van der Waals surface area (Å²) in [6.07, 6.45) is 3.71. The number of rotatable bonds is 4. The van der Waals surface area contributed by atoms with E-state index in [2.05, 4.69) is 15.2 Å². The van der Waals surface area contributed by atoms with E-state index < -0.39 is 0 Å². The van der Waals surface area contributed by atoms with Gasteiger partial charge in [0.15, 0.2) is 6.29 Å². The number of hydrogen-bond donors (Lipinski definition) is 1. The number of nitrogens with one attached hydrogen (secondary N) is 1. The second-order valence-electron chi connectivity index (χ2n) is 4.30. The molecule has 0 saturated carbocycles. The SMILES string of the molecule is O=Cc1n[nH]c2ccc(OCc3c(Cl)cncc3Cl)cc12. The zero-order valence-corrected chi connectivity index (χ0v) is 12.1. The van der Waals surface area contributed by atoms with Crippen molar-refractivity contribution < 1.29 is 9.53 Å². The Labute approximate surface area is 129 Å². The summed E-state index contributed by atoms with van der Waals surface area (Å²) >= 11 is 12.1. The lowest BCUT2D eigenvalue weighted by Gasteiger charge is -2.09. The summed E-state index contributed by atoms with van der Waals surface area (Å²) < 4.78 is 5.68. The number of nitrogens with zero attached hydrogens (tertiary/aromatic N) is 2. The Bertz CT molecular complexity index is 797. The molecule has 0 bridgehead atoms. The van der Waals surface area contributed by atoms with Crippen LogP contribution in [0.25, 0.3) is 10.9 Å². The van der Waals surface area contributed by atoms with Crippen molar-refractivity contribution in [1.82, 2.24) is 15.2 Å². The molecule has 2 aromatic heterocycles. The third-order valence-electron chi connectivity index (χ3n) is 3.01. The zero-order valence-electron chi connectivity index (χ0n) is 10.6. The minimum absolute atomic E-state index is 0.208. The van der Waals surface area contributed by atoms with Gasteiger partial charge in [0.05, 0.1) is 15.6 Å². The van der Waals surface area contributed by atoms with E-state index in [-0.39, 0.29) is 6.61 Å². The summed E-state index contributed by atoms with van der Waals surface area (Å²) in [5.41, 5.74) is 1.77. The largest absolute Gasteiger partial charge is 0.489 e. The summed E-state index contributed by atoms with van der Waals surface area (Å²) in [5, 5.41) is 8.27. The molecule has 0 amide bonds. The van der Waals surface area contributed by atoms with Gasteiger partial charge >= 0.3 is 0 Å². The Morgan fingerprint density at radius 3 is 2.71 bits per heavy atom. The summed E-state index contributed by atoms with van der Waals surface area (Å²) in [4.78, 5) is 14.8. The van der Waals surface area contributed by atoms with Crippen LogP contribution in [0, 0.1) is 0 Å². The van der Waals surface area contributed by atoms with Crippen molar-refractivity contribution in [2.45, 2.75) is 6.61 Å². The number of halogens is 2. The Morgan fingerprint density at radius 2 is 2.00 bits per heavy atom. The minimum atomic E-state index is 0.208. The van der Waals surface area contributed by atoms with E-state index in [4.69, 9.17) is 27.9 Å². The fraction of sp³-hybridized carbons (Fsp3) is 0.0714. The van der Waals surface area contributed by atoms with E-state index in [1.54, 1.807) is 18.2 Å². The maximum Gasteiger partial charge on any atom is 0.170 e. The minimum Gasteiger partial charge on any atom is -0.489 e. The molecule has 0 atom stereocenters. The number of benzene rings is 1. The highest BCUT2D eigenvalue weighted by atomic mass is 35.5. The molecule has 0 fully saturated rings. The third kappa shape index (κ3) is 2.70. The quantitative estimate of drug-likeness (QED) is 0.744. The Morgan fingerprint density at radius 1 is 1.24 bits per heavy atom. The van der Waals surface area contributed by atoms with Crippen LogP contribution in [0.4, 0.5) is 0 Å². The summed E-state index contributed by atoms with van der Waals surface area (Å²) in [6.45, 7) is 0.208. The average Bonchev–Trinajstić information content (AvgIpc) is 2.89. The van der Waals surface area contributed by atoms with Crippen molar-refractivity contribution in [3.05, 3.63) is 51.9 Å². The van der Waals surface area contributed by atoms with Crippen LogP contribution in [0.2, 0.25) is 10.0 Å². The van der Waals surface area contributed by atoms with Crippen molar-refractivity contribution in [2.24, 2.45) is 0 Å². The van der Waals surface area contributed by atoms with Crippen molar-refractivity contribution >= 4 is 40.4 Å². The van der Waals surface area contributed by atoms with Gasteiger partial charge in [-0.2, -0.15) is 5.10 Å². The van der Waals surface area contributed by atoms with Gasteiger partial charge in [0, 0.05) is 23.3 Å². The lowest BCUT2D eigenvalue weighted by molar-refractivity contribution is 0.112. The van der Waals surface area contributed by atoms with Crippen molar-refractivity contribution in [3.8, 4) is 5.75 Å². The van der Waals surface area contributed by atoms with Gasteiger partial charge in [-0.3, -0.25) is 14.9 Å². The first-order valence-electron chi connectivity index (χ1n) is 6.03. The van der Waals surface area contributed by atoms with Crippen LogP contribution < -0.4 is 4.74 Å². The van der Waals surface area contributed by atoms with Gasteiger partial charge < -0.3 is 4.74 Å². The van der Waals surface area contributed by atoms with Crippen LogP contribution in [0.1, 0.15) is 16.1 Å². The molecule has 2 heterocycles. The van der Waals surface area contributed by atoms with Gasteiger partial charge in [0.25, 0.3) is 0 Å². The highest BCUT2D eigenvalue weighted by molar-refractivity contribution is 6.35. The van der Waals surface area contributed by atoms with Crippen LogP contribution >= 0.6 is 23.2 Å². The topological polar surface area (TPSA) is 67.9 Å². The predicted octanol–water partition coefficient (Wildman–Crippen LogP) is 3.66. The second kappa shape index (κ2) is 5.71. The van der Waals surface area contributed by atoms with E-state index >= 15 is 0 Å². The van der Waals surface area contributed by atoms with Gasteiger partial charge in [-0.1, -0.05) is 23.2 Å². The number of aromatic nitrogens is 3. The van der Waals surface area contributed by atoms with Crippen molar-refractivity contribution in [2.75, 3.05) is 0 Å². The Kier molecular flexibility index (Phi) is 3.77. The summed E-state index contributed by atoms with van der Waals surface area (Å²) in [6, 6.07) is 5.31. The molecule has 0 aliphatic heterocycles. The molecule has 0 radical (unpaired) electrons. The van der Waals surface area contributed by atoms with Gasteiger partial charge in [-0.05, 0) is 18.2 Å². The maximum absolute atomic E-state index is 10.9. The fourth-order valence-electron chi connectivity index (χ4n) is 1.92. The molecule has 0 saturated heterocycles. The van der Waals surface area contributed by atoms with Gasteiger partial charge in [-0.25, -0.2) is 0 Å². The number of carbonyl (C=O) groups is 1. The standard InChI is InChI=1S/C14H9Cl2N3O2/c15-11-4-17-5-12(16)10(11)7-21-8-1-2-13-9(3-8)14(6-20)19-18-13/h1-6H,7H2,(H,18,19). The molecule has 3 aromatic rings. The molecule has 0 unspecified atom stereocenters.